The summed E-state index contributed by atoms with van der Waals surface area (Å²) >= 11 is 0. The van der Waals surface area contributed by atoms with Crippen LogP contribution in [0.3, 0.4) is 0 Å². The van der Waals surface area contributed by atoms with Crippen LogP contribution in [0.2, 0.25) is 0 Å². The average Bonchev–Trinajstić information content (AvgIpc) is 2.23. The Bertz CT molecular complexity index is 500. The molecule has 15 heavy (non-hydrogen) atoms. The molecule has 3 nitrogen and oxygen atoms in total. The maximum atomic E-state index is 13.4. The lowest BCUT2D eigenvalue weighted by Gasteiger charge is -2.04. The van der Waals surface area contributed by atoms with Crippen LogP contribution in [0.15, 0.2) is 30.6 Å². The zero-order valence-corrected chi connectivity index (χ0v) is 7.61. The van der Waals surface area contributed by atoms with Crippen molar-refractivity contribution in [2.45, 2.75) is 0 Å². The number of hydrogen-bond donors (Lipinski definition) is 1. The van der Waals surface area contributed by atoms with Crippen LogP contribution in [0, 0.1) is 11.6 Å². The number of hydrogen-bond acceptors (Lipinski definition) is 3. The molecule has 0 radical (unpaired) electrons. The Balaban J connectivity index is 2.65. The first-order chi connectivity index (χ1) is 7.20. The number of rotatable bonds is 1. The van der Waals surface area contributed by atoms with E-state index in [4.69, 9.17) is 5.73 Å². The molecular formula is C10H7F2N3. The van der Waals surface area contributed by atoms with Crippen molar-refractivity contribution in [3.05, 3.63) is 42.2 Å². The van der Waals surface area contributed by atoms with Crippen LogP contribution in [-0.4, -0.2) is 9.97 Å². The van der Waals surface area contributed by atoms with Gasteiger partial charge in [0.05, 0.1) is 0 Å². The predicted molar refractivity (Wildman–Crippen MR) is 51.8 cm³/mol. The molecule has 2 aromatic rings. The van der Waals surface area contributed by atoms with Crippen molar-refractivity contribution < 1.29 is 8.78 Å². The molecule has 0 saturated carbocycles. The summed E-state index contributed by atoms with van der Waals surface area (Å²) in [4.78, 5) is 7.61. The van der Waals surface area contributed by atoms with Gasteiger partial charge in [-0.1, -0.05) is 6.07 Å². The Hall–Kier alpha value is -2.04. The fourth-order valence-corrected chi connectivity index (χ4v) is 1.24. The smallest absolute Gasteiger partial charge is 0.168 e. The number of halogens is 2. The molecule has 5 heteroatoms. The maximum Gasteiger partial charge on any atom is 0.168 e. The van der Waals surface area contributed by atoms with Gasteiger partial charge in [-0.15, -0.1) is 0 Å². The predicted octanol–water partition coefficient (Wildman–Crippen LogP) is 2.00. The Labute approximate surface area is 84.6 Å². The maximum absolute atomic E-state index is 13.4. The standard InChI is InChI=1S/C10H7F2N3/c11-7-3-1-2-6(8(7)12)9-10(13)15-5-4-14-9/h1-5H,(H2,13,15). The van der Waals surface area contributed by atoms with Gasteiger partial charge in [0, 0.05) is 18.0 Å². The van der Waals surface area contributed by atoms with Gasteiger partial charge in [0.2, 0.25) is 0 Å². The highest BCUT2D eigenvalue weighted by molar-refractivity contribution is 5.69. The van der Waals surface area contributed by atoms with Crippen molar-refractivity contribution in [3.8, 4) is 11.3 Å². The Morgan fingerprint density at radius 2 is 1.80 bits per heavy atom. The molecule has 0 aliphatic heterocycles. The molecular weight excluding hydrogens is 200 g/mol. The molecule has 0 saturated heterocycles. The lowest BCUT2D eigenvalue weighted by Crippen LogP contribution is -1.98. The van der Waals surface area contributed by atoms with E-state index in [0.717, 1.165) is 6.07 Å². The molecule has 0 spiro atoms. The van der Waals surface area contributed by atoms with Crippen LogP contribution in [0.25, 0.3) is 11.3 Å². The molecule has 0 aliphatic carbocycles. The fraction of sp³-hybridized carbons (Fsp3) is 0. The van der Waals surface area contributed by atoms with Crippen LogP contribution in [0.5, 0.6) is 0 Å². The molecule has 0 bridgehead atoms. The second-order valence-corrected chi connectivity index (χ2v) is 2.89. The molecule has 76 valence electrons. The summed E-state index contributed by atoms with van der Waals surface area (Å²) in [6, 6.07) is 3.83. The molecule has 1 aromatic carbocycles. The minimum absolute atomic E-state index is 0.0144. The van der Waals surface area contributed by atoms with E-state index in [9.17, 15) is 8.78 Å². The summed E-state index contributed by atoms with van der Waals surface area (Å²) in [5, 5.41) is 0. The minimum Gasteiger partial charge on any atom is -0.382 e. The van der Waals surface area contributed by atoms with E-state index in [1.165, 1.54) is 24.5 Å². The van der Waals surface area contributed by atoms with Crippen LogP contribution in [0.4, 0.5) is 14.6 Å². The lowest BCUT2D eigenvalue weighted by molar-refractivity contribution is 0.511. The van der Waals surface area contributed by atoms with Gasteiger partial charge in [-0.05, 0) is 12.1 Å². The van der Waals surface area contributed by atoms with E-state index in [-0.39, 0.29) is 17.1 Å². The number of benzene rings is 1. The van der Waals surface area contributed by atoms with Crippen LogP contribution in [-0.2, 0) is 0 Å². The monoisotopic (exact) mass is 207 g/mol. The second-order valence-electron chi connectivity index (χ2n) is 2.89. The number of nitrogen functional groups attached to an aromatic ring is 1. The molecule has 2 N–H and O–H groups in total. The van der Waals surface area contributed by atoms with Crippen molar-refractivity contribution in [2.75, 3.05) is 5.73 Å². The molecule has 1 aromatic heterocycles. The average molecular weight is 207 g/mol. The van der Waals surface area contributed by atoms with Crippen molar-refractivity contribution in [1.29, 1.82) is 0 Å². The van der Waals surface area contributed by atoms with Gasteiger partial charge < -0.3 is 5.73 Å². The van der Waals surface area contributed by atoms with Gasteiger partial charge in [0.1, 0.15) is 11.5 Å². The molecule has 0 amide bonds. The largest absolute Gasteiger partial charge is 0.382 e. The Morgan fingerprint density at radius 1 is 1.07 bits per heavy atom. The highest BCUT2D eigenvalue weighted by atomic mass is 19.2. The molecule has 0 fully saturated rings. The van der Waals surface area contributed by atoms with E-state index >= 15 is 0 Å². The summed E-state index contributed by atoms with van der Waals surface area (Å²) in [6.45, 7) is 0. The minimum atomic E-state index is -0.968. The third-order valence-corrected chi connectivity index (χ3v) is 1.93. The van der Waals surface area contributed by atoms with E-state index in [1.807, 2.05) is 0 Å². The highest BCUT2D eigenvalue weighted by Crippen LogP contribution is 2.25. The first-order valence-electron chi connectivity index (χ1n) is 4.21. The van der Waals surface area contributed by atoms with Gasteiger partial charge in [-0.2, -0.15) is 0 Å². The van der Waals surface area contributed by atoms with Crippen molar-refractivity contribution in [1.82, 2.24) is 9.97 Å². The van der Waals surface area contributed by atoms with Crippen molar-refractivity contribution in [2.24, 2.45) is 0 Å². The summed E-state index contributed by atoms with van der Waals surface area (Å²) in [6.07, 6.45) is 2.76. The number of anilines is 1. The van der Waals surface area contributed by atoms with Crippen LogP contribution < -0.4 is 5.73 Å². The van der Waals surface area contributed by atoms with Gasteiger partial charge >= 0.3 is 0 Å². The van der Waals surface area contributed by atoms with E-state index in [0.29, 0.717) is 0 Å². The second kappa shape index (κ2) is 3.61. The summed E-state index contributed by atoms with van der Waals surface area (Å²) in [5.74, 6) is -1.83. The molecule has 1 heterocycles. The summed E-state index contributed by atoms with van der Waals surface area (Å²) in [5.41, 5.74) is 5.67. The molecule has 0 atom stereocenters. The first kappa shape index (κ1) is 9.51. The van der Waals surface area contributed by atoms with Gasteiger partial charge in [0.25, 0.3) is 0 Å². The van der Waals surface area contributed by atoms with Gasteiger partial charge in [-0.3, -0.25) is 4.98 Å². The summed E-state index contributed by atoms with van der Waals surface area (Å²) in [7, 11) is 0. The molecule has 0 aliphatic rings. The third-order valence-electron chi connectivity index (χ3n) is 1.93. The Kier molecular flexibility index (Phi) is 2.29. The fourth-order valence-electron chi connectivity index (χ4n) is 1.24. The van der Waals surface area contributed by atoms with Gasteiger partial charge in [0.15, 0.2) is 11.6 Å². The SMILES string of the molecule is Nc1nccnc1-c1cccc(F)c1F. The number of aromatic nitrogens is 2. The quantitative estimate of drug-likeness (QED) is 0.778. The van der Waals surface area contributed by atoms with Crippen molar-refractivity contribution >= 4 is 5.82 Å². The molecule has 2 rings (SSSR count). The van der Waals surface area contributed by atoms with E-state index in [2.05, 4.69) is 9.97 Å². The third kappa shape index (κ3) is 1.63. The number of nitrogens with zero attached hydrogens (tertiary/aromatic N) is 2. The highest BCUT2D eigenvalue weighted by Gasteiger charge is 2.13. The van der Waals surface area contributed by atoms with Crippen LogP contribution >= 0.6 is 0 Å². The first-order valence-corrected chi connectivity index (χ1v) is 4.21. The van der Waals surface area contributed by atoms with Crippen LogP contribution in [0.1, 0.15) is 0 Å². The van der Waals surface area contributed by atoms with E-state index in [1.54, 1.807) is 0 Å². The Morgan fingerprint density at radius 3 is 2.53 bits per heavy atom. The van der Waals surface area contributed by atoms with Gasteiger partial charge in [-0.25, -0.2) is 13.8 Å². The van der Waals surface area contributed by atoms with E-state index < -0.39 is 11.6 Å². The zero-order chi connectivity index (χ0) is 10.8. The topological polar surface area (TPSA) is 51.8 Å². The summed E-state index contributed by atoms with van der Waals surface area (Å²) < 4.78 is 26.3. The zero-order valence-electron chi connectivity index (χ0n) is 7.61. The lowest BCUT2D eigenvalue weighted by atomic mass is 10.1. The van der Waals surface area contributed by atoms with Crippen molar-refractivity contribution in [3.63, 3.8) is 0 Å². The normalized spacial score (nSPS) is 10.3. The number of nitrogens with two attached hydrogens (primary N) is 1. The molecule has 0 unspecified atom stereocenters.